The van der Waals surface area contributed by atoms with Crippen LogP contribution in [0.25, 0.3) is 0 Å². The molecule has 2 heterocycles. The number of nitrogens with zero attached hydrogens (tertiary/aromatic N) is 4. The molecule has 25 heavy (non-hydrogen) atoms. The van der Waals surface area contributed by atoms with E-state index in [0.717, 1.165) is 35.8 Å². The Morgan fingerprint density at radius 2 is 1.92 bits per heavy atom. The zero-order chi connectivity index (χ0) is 17.8. The standard InChI is InChI=1S/C19H24N4O2/c1-14-6-7-15(2)17(13-14)25-16(3)19(24)23-11-9-22(10-12-23)18-5-4-8-20-21-18/h4-8,13,16H,9-12H2,1-3H3. The van der Waals surface area contributed by atoms with Crippen LogP contribution in [0.1, 0.15) is 18.1 Å². The van der Waals surface area contributed by atoms with Gasteiger partial charge in [0.25, 0.3) is 5.91 Å². The Labute approximate surface area is 148 Å². The van der Waals surface area contributed by atoms with Crippen LogP contribution in [-0.2, 0) is 4.79 Å². The summed E-state index contributed by atoms with van der Waals surface area (Å²) >= 11 is 0. The molecule has 1 unspecified atom stereocenters. The summed E-state index contributed by atoms with van der Waals surface area (Å²) in [7, 11) is 0. The van der Waals surface area contributed by atoms with Gasteiger partial charge < -0.3 is 14.5 Å². The highest BCUT2D eigenvalue weighted by Crippen LogP contribution is 2.21. The van der Waals surface area contributed by atoms with Gasteiger partial charge in [0.05, 0.1) is 0 Å². The van der Waals surface area contributed by atoms with E-state index in [9.17, 15) is 4.79 Å². The highest BCUT2D eigenvalue weighted by molar-refractivity contribution is 5.81. The van der Waals surface area contributed by atoms with Gasteiger partial charge in [-0.2, -0.15) is 5.10 Å². The zero-order valence-corrected chi connectivity index (χ0v) is 15.0. The minimum atomic E-state index is -0.497. The van der Waals surface area contributed by atoms with E-state index in [1.807, 2.05) is 56.0 Å². The van der Waals surface area contributed by atoms with E-state index >= 15 is 0 Å². The van der Waals surface area contributed by atoms with Crippen molar-refractivity contribution in [3.05, 3.63) is 47.7 Å². The van der Waals surface area contributed by atoms with Crippen molar-refractivity contribution in [3.8, 4) is 5.75 Å². The summed E-state index contributed by atoms with van der Waals surface area (Å²) in [5.74, 6) is 1.66. The van der Waals surface area contributed by atoms with Crippen LogP contribution in [0.15, 0.2) is 36.5 Å². The van der Waals surface area contributed by atoms with Crippen LogP contribution >= 0.6 is 0 Å². The third-order valence-electron chi connectivity index (χ3n) is 4.47. The highest BCUT2D eigenvalue weighted by atomic mass is 16.5. The lowest BCUT2D eigenvalue weighted by atomic mass is 10.1. The zero-order valence-electron chi connectivity index (χ0n) is 15.0. The lowest BCUT2D eigenvalue weighted by Gasteiger charge is -2.36. The molecule has 132 valence electrons. The van der Waals surface area contributed by atoms with Gasteiger partial charge >= 0.3 is 0 Å². The number of piperazine rings is 1. The van der Waals surface area contributed by atoms with Crippen LogP contribution in [0.3, 0.4) is 0 Å². The summed E-state index contributed by atoms with van der Waals surface area (Å²) in [6.45, 7) is 8.66. The summed E-state index contributed by atoms with van der Waals surface area (Å²) < 4.78 is 5.93. The summed E-state index contributed by atoms with van der Waals surface area (Å²) in [6, 6.07) is 9.85. The van der Waals surface area contributed by atoms with Crippen LogP contribution in [0, 0.1) is 13.8 Å². The van der Waals surface area contributed by atoms with Crippen molar-refractivity contribution in [2.75, 3.05) is 31.1 Å². The van der Waals surface area contributed by atoms with Crippen molar-refractivity contribution in [3.63, 3.8) is 0 Å². The number of amides is 1. The molecule has 0 bridgehead atoms. The molecule has 0 aliphatic carbocycles. The van der Waals surface area contributed by atoms with Crippen molar-refractivity contribution in [1.82, 2.24) is 15.1 Å². The van der Waals surface area contributed by atoms with Gasteiger partial charge in [-0.15, -0.1) is 5.10 Å². The Kier molecular flexibility index (Phi) is 5.16. The van der Waals surface area contributed by atoms with Crippen LogP contribution in [-0.4, -0.2) is 53.3 Å². The molecule has 6 nitrogen and oxygen atoms in total. The van der Waals surface area contributed by atoms with Crippen LogP contribution in [0.5, 0.6) is 5.75 Å². The summed E-state index contributed by atoms with van der Waals surface area (Å²) in [5, 5.41) is 8.04. The molecule has 0 spiro atoms. The summed E-state index contributed by atoms with van der Waals surface area (Å²) in [6.07, 6.45) is 1.17. The summed E-state index contributed by atoms with van der Waals surface area (Å²) in [4.78, 5) is 16.7. The molecule has 1 aliphatic rings. The number of rotatable bonds is 4. The summed E-state index contributed by atoms with van der Waals surface area (Å²) in [5.41, 5.74) is 2.16. The van der Waals surface area contributed by atoms with E-state index in [-0.39, 0.29) is 5.91 Å². The number of benzene rings is 1. The van der Waals surface area contributed by atoms with Gasteiger partial charge in [0.2, 0.25) is 0 Å². The second-order valence-electron chi connectivity index (χ2n) is 6.42. The first kappa shape index (κ1) is 17.2. The van der Waals surface area contributed by atoms with E-state index in [1.54, 1.807) is 6.20 Å². The Bertz CT molecular complexity index is 727. The third-order valence-corrected chi connectivity index (χ3v) is 4.47. The molecule has 1 aromatic heterocycles. The molecule has 0 saturated carbocycles. The third kappa shape index (κ3) is 4.07. The minimum absolute atomic E-state index is 0.0275. The SMILES string of the molecule is Cc1ccc(C)c(OC(C)C(=O)N2CCN(c3cccnn3)CC2)c1. The molecule has 0 radical (unpaired) electrons. The number of carbonyl (C=O) groups is 1. The monoisotopic (exact) mass is 340 g/mol. The maximum Gasteiger partial charge on any atom is 0.263 e. The fourth-order valence-corrected chi connectivity index (χ4v) is 2.95. The van der Waals surface area contributed by atoms with Crippen LogP contribution < -0.4 is 9.64 Å². The number of hydrogen-bond acceptors (Lipinski definition) is 5. The topological polar surface area (TPSA) is 58.6 Å². The minimum Gasteiger partial charge on any atom is -0.481 e. The van der Waals surface area contributed by atoms with Gasteiger partial charge in [0, 0.05) is 32.4 Å². The van der Waals surface area contributed by atoms with Gasteiger partial charge in [-0.1, -0.05) is 12.1 Å². The van der Waals surface area contributed by atoms with E-state index in [4.69, 9.17) is 4.74 Å². The first-order valence-corrected chi connectivity index (χ1v) is 8.60. The molecule has 2 aromatic rings. The predicted molar refractivity (Wildman–Crippen MR) is 96.8 cm³/mol. The smallest absolute Gasteiger partial charge is 0.263 e. The molecule has 1 fully saturated rings. The maximum absolute atomic E-state index is 12.7. The molecule has 1 atom stereocenters. The average Bonchev–Trinajstić information content (AvgIpc) is 2.65. The number of aromatic nitrogens is 2. The van der Waals surface area contributed by atoms with Crippen molar-refractivity contribution >= 4 is 11.7 Å². The Morgan fingerprint density at radius 1 is 1.16 bits per heavy atom. The average molecular weight is 340 g/mol. The number of aryl methyl sites for hydroxylation is 2. The molecular formula is C19H24N4O2. The lowest BCUT2D eigenvalue weighted by molar-refractivity contribution is -0.138. The van der Waals surface area contributed by atoms with Gasteiger partial charge in [-0.25, -0.2) is 0 Å². The normalized spacial score (nSPS) is 15.8. The van der Waals surface area contributed by atoms with E-state index in [2.05, 4.69) is 15.1 Å². The van der Waals surface area contributed by atoms with Gasteiger partial charge in [0.15, 0.2) is 11.9 Å². The first-order valence-electron chi connectivity index (χ1n) is 8.60. The Morgan fingerprint density at radius 3 is 2.60 bits per heavy atom. The number of ether oxygens (including phenoxy) is 1. The first-order chi connectivity index (χ1) is 12.0. The second kappa shape index (κ2) is 7.51. The molecule has 6 heteroatoms. The number of carbonyl (C=O) groups excluding carboxylic acids is 1. The fourth-order valence-electron chi connectivity index (χ4n) is 2.95. The fraction of sp³-hybridized carbons (Fsp3) is 0.421. The van der Waals surface area contributed by atoms with Crippen LogP contribution in [0.2, 0.25) is 0 Å². The van der Waals surface area contributed by atoms with Crippen molar-refractivity contribution in [2.45, 2.75) is 26.9 Å². The van der Waals surface area contributed by atoms with Crippen molar-refractivity contribution in [2.24, 2.45) is 0 Å². The maximum atomic E-state index is 12.7. The Balaban J connectivity index is 1.57. The Hall–Kier alpha value is -2.63. The second-order valence-corrected chi connectivity index (χ2v) is 6.42. The highest BCUT2D eigenvalue weighted by Gasteiger charge is 2.26. The van der Waals surface area contributed by atoms with Crippen molar-refractivity contribution < 1.29 is 9.53 Å². The number of hydrogen-bond donors (Lipinski definition) is 0. The molecule has 1 saturated heterocycles. The molecular weight excluding hydrogens is 316 g/mol. The van der Waals surface area contributed by atoms with Crippen LogP contribution in [0.4, 0.5) is 5.82 Å². The van der Waals surface area contributed by atoms with Crippen molar-refractivity contribution in [1.29, 1.82) is 0 Å². The quantitative estimate of drug-likeness (QED) is 0.854. The molecule has 1 amide bonds. The van der Waals surface area contributed by atoms with E-state index in [1.165, 1.54) is 0 Å². The van der Waals surface area contributed by atoms with Gasteiger partial charge in [-0.3, -0.25) is 4.79 Å². The molecule has 3 rings (SSSR count). The molecule has 0 N–H and O–H groups in total. The van der Waals surface area contributed by atoms with E-state index < -0.39 is 6.10 Å². The molecule has 1 aromatic carbocycles. The number of anilines is 1. The predicted octanol–water partition coefficient (Wildman–Crippen LogP) is 2.21. The van der Waals surface area contributed by atoms with E-state index in [0.29, 0.717) is 13.1 Å². The largest absolute Gasteiger partial charge is 0.481 e. The molecule has 1 aliphatic heterocycles. The van der Waals surface area contributed by atoms with Gasteiger partial charge in [0.1, 0.15) is 5.75 Å². The lowest BCUT2D eigenvalue weighted by Crippen LogP contribution is -2.52. The van der Waals surface area contributed by atoms with Gasteiger partial charge in [-0.05, 0) is 50.1 Å².